The monoisotopic (exact) mass is 249 g/mol. The summed E-state index contributed by atoms with van der Waals surface area (Å²) in [5.41, 5.74) is 0. The summed E-state index contributed by atoms with van der Waals surface area (Å²) in [5.74, 6) is 0. The van der Waals surface area contributed by atoms with Crippen LogP contribution in [0.2, 0.25) is 0 Å². The molecular weight excluding hydrogens is 244 g/mol. The Morgan fingerprint density at radius 3 is 2.67 bits per heavy atom. The van der Waals surface area contributed by atoms with E-state index in [1.807, 2.05) is 0 Å². The van der Waals surface area contributed by atoms with E-state index in [4.69, 9.17) is 0 Å². The van der Waals surface area contributed by atoms with Crippen LogP contribution in [0.3, 0.4) is 0 Å². The summed E-state index contributed by atoms with van der Waals surface area (Å²) in [7, 11) is 0. The van der Waals surface area contributed by atoms with Gasteiger partial charge in [-0.2, -0.15) is 0 Å². The van der Waals surface area contributed by atoms with E-state index in [1.165, 1.54) is 6.42 Å². The van der Waals surface area contributed by atoms with E-state index in [0.717, 1.165) is 0 Å². The fraction of sp³-hybridized carbons (Fsp3) is 0.200. The second-order valence-electron chi connectivity index (χ2n) is 1.27. The van der Waals surface area contributed by atoms with Gasteiger partial charge in [0, 0.05) is 0 Å². The molecule has 0 aromatic rings. The van der Waals surface area contributed by atoms with Crippen molar-refractivity contribution in [3.8, 4) is 0 Å². The molecule has 0 aliphatic heterocycles. The standard InChI is InChI=1S/C5H5.W/c1-2-4-5-3-1;/h1-3H,4H2;. The fourth-order valence-corrected chi connectivity index (χ4v) is 1.06. The van der Waals surface area contributed by atoms with Crippen LogP contribution in [0.1, 0.15) is 6.42 Å². The summed E-state index contributed by atoms with van der Waals surface area (Å²) in [4.78, 5) is 0. The number of rotatable bonds is 0. The van der Waals surface area contributed by atoms with Crippen molar-refractivity contribution in [3.63, 3.8) is 0 Å². The first-order valence-corrected chi connectivity index (χ1v) is 3.39. The molecule has 0 spiro atoms. The van der Waals surface area contributed by atoms with Crippen LogP contribution in [0.25, 0.3) is 0 Å². The van der Waals surface area contributed by atoms with Crippen molar-refractivity contribution in [2.75, 3.05) is 0 Å². The quantitative estimate of drug-likeness (QED) is 0.608. The van der Waals surface area contributed by atoms with Crippen molar-refractivity contribution in [2.45, 2.75) is 6.42 Å². The van der Waals surface area contributed by atoms with Gasteiger partial charge in [-0.05, 0) is 0 Å². The molecule has 0 radical (unpaired) electrons. The number of hydrogen-bond donors (Lipinski definition) is 0. The van der Waals surface area contributed by atoms with Crippen molar-refractivity contribution < 1.29 is 19.8 Å². The van der Waals surface area contributed by atoms with E-state index in [2.05, 4.69) is 18.2 Å². The van der Waals surface area contributed by atoms with Crippen molar-refractivity contribution in [1.82, 2.24) is 0 Å². The fourth-order valence-electron chi connectivity index (χ4n) is 0.428. The minimum atomic E-state index is 1.20. The van der Waals surface area contributed by atoms with E-state index in [9.17, 15) is 0 Å². The van der Waals surface area contributed by atoms with Crippen LogP contribution in [0.15, 0.2) is 22.2 Å². The first kappa shape index (κ1) is 4.33. The molecule has 0 atom stereocenters. The zero-order valence-electron chi connectivity index (χ0n) is 3.35. The molecule has 0 heterocycles. The predicted molar refractivity (Wildman–Crippen MR) is 21.8 cm³/mol. The van der Waals surface area contributed by atoms with E-state index in [0.29, 0.717) is 0 Å². The molecule has 6 heavy (non-hydrogen) atoms. The maximum absolute atomic E-state index is 2.18. The van der Waals surface area contributed by atoms with Crippen LogP contribution in [0, 0.1) is 0 Å². The molecule has 0 saturated carbocycles. The molecule has 0 nitrogen and oxygen atoms in total. The van der Waals surface area contributed by atoms with E-state index >= 15 is 0 Å². The summed E-state index contributed by atoms with van der Waals surface area (Å²) in [6.45, 7) is 0. The second-order valence-corrected chi connectivity index (χ2v) is 3.15. The summed E-state index contributed by atoms with van der Waals surface area (Å²) >= 11 is 1.61. The average Bonchev–Trinajstić information content (AvgIpc) is 1.86. The van der Waals surface area contributed by atoms with Crippen LogP contribution in [-0.2, 0) is 19.8 Å². The number of hydrogen-bond acceptors (Lipinski definition) is 0. The van der Waals surface area contributed by atoms with E-state index < -0.39 is 0 Å². The van der Waals surface area contributed by atoms with Crippen molar-refractivity contribution in [3.05, 3.63) is 22.2 Å². The Kier molecular flexibility index (Phi) is 1.26. The molecule has 1 heteroatoms. The van der Waals surface area contributed by atoms with Gasteiger partial charge in [-0.15, -0.1) is 0 Å². The van der Waals surface area contributed by atoms with Crippen molar-refractivity contribution >= 4 is 0 Å². The molecular formula is C5H5W. The number of allylic oxidation sites excluding steroid dienone is 4. The van der Waals surface area contributed by atoms with Gasteiger partial charge in [0.1, 0.15) is 0 Å². The molecule has 1 aliphatic rings. The molecule has 0 saturated heterocycles. The van der Waals surface area contributed by atoms with Crippen molar-refractivity contribution in [2.24, 2.45) is 0 Å². The average molecular weight is 249 g/mol. The van der Waals surface area contributed by atoms with Gasteiger partial charge in [0.25, 0.3) is 0 Å². The molecule has 0 unspecified atom stereocenters. The van der Waals surface area contributed by atoms with Gasteiger partial charge in [-0.1, -0.05) is 0 Å². The van der Waals surface area contributed by atoms with Gasteiger partial charge in [0.15, 0.2) is 0 Å². The van der Waals surface area contributed by atoms with E-state index in [-0.39, 0.29) is 0 Å². The Hall–Kier alpha value is 0.168. The topological polar surface area (TPSA) is 0 Å². The Morgan fingerprint density at radius 1 is 1.67 bits per heavy atom. The normalized spacial score (nSPS) is 18.3. The molecule has 0 aromatic heterocycles. The van der Waals surface area contributed by atoms with E-state index in [1.54, 1.807) is 23.8 Å². The van der Waals surface area contributed by atoms with Gasteiger partial charge in [-0.25, -0.2) is 0 Å². The third-order valence-corrected chi connectivity index (χ3v) is 1.82. The molecule has 0 aromatic carbocycles. The van der Waals surface area contributed by atoms with Crippen LogP contribution in [0.4, 0.5) is 0 Å². The van der Waals surface area contributed by atoms with Crippen LogP contribution >= 0.6 is 0 Å². The predicted octanol–water partition coefficient (Wildman–Crippen LogP) is 1.38. The SMILES string of the molecule is [W][C]1=CC=CC1. The van der Waals surface area contributed by atoms with Gasteiger partial charge < -0.3 is 0 Å². The molecule has 0 bridgehead atoms. The van der Waals surface area contributed by atoms with Gasteiger partial charge >= 0.3 is 48.4 Å². The molecule has 0 amide bonds. The summed E-state index contributed by atoms with van der Waals surface area (Å²) in [5, 5.41) is 0. The molecule has 1 aliphatic carbocycles. The van der Waals surface area contributed by atoms with Gasteiger partial charge in [0.2, 0.25) is 0 Å². The first-order valence-electron chi connectivity index (χ1n) is 1.92. The second kappa shape index (κ2) is 1.75. The summed E-state index contributed by atoms with van der Waals surface area (Å²) in [6, 6.07) is 0. The molecule has 0 N–H and O–H groups in total. The zero-order chi connectivity index (χ0) is 4.41. The third kappa shape index (κ3) is 0.814. The van der Waals surface area contributed by atoms with Gasteiger partial charge in [0.05, 0.1) is 0 Å². The Bertz CT molecular complexity index is 101. The third-order valence-electron chi connectivity index (χ3n) is 0.737. The first-order chi connectivity index (χ1) is 2.89. The van der Waals surface area contributed by atoms with Crippen LogP contribution in [0.5, 0.6) is 0 Å². The Balaban J connectivity index is 2.61. The molecule has 1 rings (SSSR count). The van der Waals surface area contributed by atoms with Crippen LogP contribution in [-0.4, -0.2) is 0 Å². The Morgan fingerprint density at radius 2 is 2.50 bits per heavy atom. The summed E-state index contributed by atoms with van der Waals surface area (Å²) < 4.78 is 1.55. The summed E-state index contributed by atoms with van der Waals surface area (Å²) in [6.07, 6.45) is 7.68. The zero-order valence-corrected chi connectivity index (χ0v) is 6.28. The van der Waals surface area contributed by atoms with Crippen LogP contribution < -0.4 is 0 Å². The Labute approximate surface area is 48.8 Å². The molecule has 31 valence electrons. The van der Waals surface area contributed by atoms with Gasteiger partial charge in [-0.3, -0.25) is 0 Å². The minimum absolute atomic E-state index is 1.20. The van der Waals surface area contributed by atoms with Crippen molar-refractivity contribution in [1.29, 1.82) is 0 Å². The maximum atomic E-state index is 2.18. The molecule has 0 fully saturated rings.